The van der Waals surface area contributed by atoms with E-state index in [2.05, 4.69) is 5.10 Å². The lowest BCUT2D eigenvalue weighted by Gasteiger charge is -2.03. The van der Waals surface area contributed by atoms with Crippen molar-refractivity contribution in [2.75, 3.05) is 6.61 Å². The number of hydrogen-bond acceptors (Lipinski definition) is 3. The van der Waals surface area contributed by atoms with Crippen LogP contribution in [0.15, 0.2) is 12.4 Å². The fourth-order valence-corrected chi connectivity index (χ4v) is 0.945. The van der Waals surface area contributed by atoms with Gasteiger partial charge < -0.3 is 10.8 Å². The Morgan fingerprint density at radius 1 is 1.82 bits per heavy atom. The fraction of sp³-hybridized carbons (Fsp3) is 0.571. The van der Waals surface area contributed by atoms with E-state index < -0.39 is 0 Å². The number of rotatable bonds is 3. The summed E-state index contributed by atoms with van der Waals surface area (Å²) in [5.74, 6) is 0. The molecule has 0 aliphatic carbocycles. The van der Waals surface area contributed by atoms with E-state index in [4.69, 9.17) is 10.8 Å². The maximum atomic E-state index is 8.65. The van der Waals surface area contributed by atoms with Crippen LogP contribution in [0.4, 0.5) is 0 Å². The molecule has 11 heavy (non-hydrogen) atoms. The Balaban J connectivity index is 2.50. The number of nitrogens with zero attached hydrogens (tertiary/aromatic N) is 2. The molecule has 0 fully saturated rings. The van der Waals surface area contributed by atoms with Crippen molar-refractivity contribution in [3.63, 3.8) is 0 Å². The van der Waals surface area contributed by atoms with E-state index in [1.54, 1.807) is 10.9 Å². The van der Waals surface area contributed by atoms with Gasteiger partial charge in [0.05, 0.1) is 12.8 Å². The second-order valence-corrected chi connectivity index (χ2v) is 2.67. The van der Waals surface area contributed by atoms with Gasteiger partial charge in [-0.05, 0) is 12.0 Å². The third kappa shape index (κ3) is 2.32. The van der Waals surface area contributed by atoms with Crippen LogP contribution in [0.1, 0.15) is 5.56 Å². The van der Waals surface area contributed by atoms with E-state index in [1.165, 1.54) is 0 Å². The number of nitrogens with two attached hydrogens (primary N) is 1. The van der Waals surface area contributed by atoms with Crippen molar-refractivity contribution in [2.45, 2.75) is 12.5 Å². The van der Waals surface area contributed by atoms with Gasteiger partial charge in [0.2, 0.25) is 0 Å². The highest BCUT2D eigenvalue weighted by atomic mass is 16.3. The van der Waals surface area contributed by atoms with Gasteiger partial charge in [0, 0.05) is 19.3 Å². The first-order valence-electron chi connectivity index (χ1n) is 3.56. The van der Waals surface area contributed by atoms with Crippen LogP contribution < -0.4 is 5.73 Å². The third-order valence-corrected chi connectivity index (χ3v) is 1.49. The third-order valence-electron chi connectivity index (χ3n) is 1.49. The maximum absolute atomic E-state index is 8.65. The standard InChI is InChI=1S/C7H13N3O/c1-10-4-6(3-9-10)2-7(8)5-11/h3-4,7,11H,2,5,8H2,1H3/t7-/m1/s1. The zero-order valence-electron chi connectivity index (χ0n) is 6.57. The van der Waals surface area contributed by atoms with Crippen molar-refractivity contribution in [1.29, 1.82) is 0 Å². The predicted octanol–water partition coefficient (Wildman–Crippen LogP) is -0.718. The molecule has 0 aliphatic rings. The van der Waals surface area contributed by atoms with Gasteiger partial charge in [0.1, 0.15) is 0 Å². The molecule has 4 nitrogen and oxygen atoms in total. The molecular weight excluding hydrogens is 142 g/mol. The summed E-state index contributed by atoms with van der Waals surface area (Å²) in [6.45, 7) is 0.0227. The van der Waals surface area contributed by atoms with Crippen LogP contribution in [-0.2, 0) is 13.5 Å². The Labute approximate surface area is 65.6 Å². The summed E-state index contributed by atoms with van der Waals surface area (Å²) in [6, 6.07) is -0.167. The number of aliphatic hydroxyl groups is 1. The number of aliphatic hydroxyl groups excluding tert-OH is 1. The summed E-state index contributed by atoms with van der Waals surface area (Å²) in [5, 5.41) is 12.6. The highest BCUT2D eigenvalue weighted by Gasteiger charge is 2.02. The quantitative estimate of drug-likeness (QED) is 0.605. The lowest BCUT2D eigenvalue weighted by molar-refractivity contribution is 0.265. The molecule has 3 N–H and O–H groups in total. The second-order valence-electron chi connectivity index (χ2n) is 2.67. The van der Waals surface area contributed by atoms with E-state index in [-0.39, 0.29) is 12.6 Å². The van der Waals surface area contributed by atoms with Crippen LogP contribution >= 0.6 is 0 Å². The van der Waals surface area contributed by atoms with E-state index in [1.807, 2.05) is 13.2 Å². The van der Waals surface area contributed by atoms with Crippen LogP contribution in [0.3, 0.4) is 0 Å². The Bertz CT molecular complexity index is 221. The van der Waals surface area contributed by atoms with Crippen molar-refractivity contribution in [3.05, 3.63) is 18.0 Å². The molecular formula is C7H13N3O. The maximum Gasteiger partial charge on any atom is 0.0585 e. The van der Waals surface area contributed by atoms with E-state index in [9.17, 15) is 0 Å². The van der Waals surface area contributed by atoms with Crippen molar-refractivity contribution in [3.8, 4) is 0 Å². The van der Waals surface area contributed by atoms with Crippen LogP contribution in [0.25, 0.3) is 0 Å². The van der Waals surface area contributed by atoms with Crippen molar-refractivity contribution >= 4 is 0 Å². The van der Waals surface area contributed by atoms with Gasteiger partial charge in [0.15, 0.2) is 0 Å². The van der Waals surface area contributed by atoms with Gasteiger partial charge >= 0.3 is 0 Å². The predicted molar refractivity (Wildman–Crippen MR) is 42.0 cm³/mol. The molecule has 4 heteroatoms. The van der Waals surface area contributed by atoms with Crippen LogP contribution in [-0.4, -0.2) is 27.5 Å². The largest absolute Gasteiger partial charge is 0.395 e. The van der Waals surface area contributed by atoms with Gasteiger partial charge in [-0.1, -0.05) is 0 Å². The molecule has 0 saturated carbocycles. The van der Waals surface area contributed by atoms with Crippen molar-refractivity contribution < 1.29 is 5.11 Å². The lowest BCUT2D eigenvalue weighted by atomic mass is 10.1. The Hall–Kier alpha value is -0.870. The fourth-order valence-electron chi connectivity index (χ4n) is 0.945. The zero-order chi connectivity index (χ0) is 8.27. The van der Waals surface area contributed by atoms with Crippen LogP contribution in [0.5, 0.6) is 0 Å². The molecule has 0 radical (unpaired) electrons. The van der Waals surface area contributed by atoms with Gasteiger partial charge in [-0.3, -0.25) is 4.68 Å². The summed E-state index contributed by atoms with van der Waals surface area (Å²) < 4.78 is 1.72. The minimum atomic E-state index is -0.167. The van der Waals surface area contributed by atoms with Gasteiger partial charge in [0.25, 0.3) is 0 Å². The van der Waals surface area contributed by atoms with Crippen LogP contribution in [0, 0.1) is 0 Å². The van der Waals surface area contributed by atoms with E-state index in [0.29, 0.717) is 6.42 Å². The molecule has 0 bridgehead atoms. The van der Waals surface area contributed by atoms with Crippen molar-refractivity contribution in [1.82, 2.24) is 9.78 Å². The second kappa shape index (κ2) is 3.50. The van der Waals surface area contributed by atoms with Crippen molar-refractivity contribution in [2.24, 2.45) is 12.8 Å². The number of hydrogen-bond donors (Lipinski definition) is 2. The molecule has 0 aromatic carbocycles. The monoisotopic (exact) mass is 155 g/mol. The summed E-state index contributed by atoms with van der Waals surface area (Å²) >= 11 is 0. The first-order valence-corrected chi connectivity index (χ1v) is 3.56. The molecule has 62 valence electrons. The molecule has 0 aliphatic heterocycles. The molecule has 0 unspecified atom stereocenters. The minimum Gasteiger partial charge on any atom is -0.395 e. The van der Waals surface area contributed by atoms with Gasteiger partial charge in [-0.15, -0.1) is 0 Å². The van der Waals surface area contributed by atoms with Gasteiger partial charge in [-0.25, -0.2) is 0 Å². The summed E-state index contributed by atoms with van der Waals surface area (Å²) in [6.07, 6.45) is 4.34. The summed E-state index contributed by atoms with van der Waals surface area (Å²) in [7, 11) is 1.86. The highest BCUT2D eigenvalue weighted by molar-refractivity contribution is 5.05. The molecule has 1 rings (SSSR count). The Morgan fingerprint density at radius 3 is 3.00 bits per heavy atom. The molecule has 1 atom stereocenters. The molecule has 0 spiro atoms. The average molecular weight is 155 g/mol. The highest BCUT2D eigenvalue weighted by Crippen LogP contribution is 1.99. The summed E-state index contributed by atoms with van der Waals surface area (Å²) in [5.41, 5.74) is 6.59. The summed E-state index contributed by atoms with van der Waals surface area (Å²) in [4.78, 5) is 0. The van der Waals surface area contributed by atoms with E-state index >= 15 is 0 Å². The smallest absolute Gasteiger partial charge is 0.0585 e. The molecule has 1 heterocycles. The van der Waals surface area contributed by atoms with Gasteiger partial charge in [-0.2, -0.15) is 5.10 Å². The lowest BCUT2D eigenvalue weighted by Crippen LogP contribution is -2.26. The first kappa shape index (κ1) is 8.23. The molecule has 0 saturated heterocycles. The number of aryl methyl sites for hydroxylation is 1. The first-order chi connectivity index (χ1) is 5.22. The van der Waals surface area contributed by atoms with Crippen LogP contribution in [0.2, 0.25) is 0 Å². The normalized spacial score (nSPS) is 13.4. The Morgan fingerprint density at radius 2 is 2.55 bits per heavy atom. The number of aromatic nitrogens is 2. The average Bonchev–Trinajstić information content (AvgIpc) is 2.35. The molecule has 0 amide bonds. The zero-order valence-corrected chi connectivity index (χ0v) is 6.57. The molecule has 1 aromatic rings. The molecule has 1 aromatic heterocycles. The SMILES string of the molecule is Cn1cc(C[C@@H](N)CO)cn1. The minimum absolute atomic E-state index is 0.0227. The van der Waals surface area contributed by atoms with E-state index in [0.717, 1.165) is 5.56 Å². The Kier molecular flexibility index (Phi) is 2.62. The topological polar surface area (TPSA) is 64.1 Å².